The molecule has 0 aromatic heterocycles. The zero-order chi connectivity index (χ0) is 10.3. The van der Waals surface area contributed by atoms with Crippen molar-refractivity contribution in [2.24, 2.45) is 5.41 Å². The summed E-state index contributed by atoms with van der Waals surface area (Å²) in [4.78, 5) is 2.36. The molecule has 0 amide bonds. The van der Waals surface area contributed by atoms with Gasteiger partial charge in [-0.3, -0.25) is 0 Å². The molecule has 0 unspecified atom stereocenters. The van der Waals surface area contributed by atoms with Gasteiger partial charge in [-0.25, -0.2) is 0 Å². The minimum absolute atomic E-state index is 0.396. The lowest BCUT2D eigenvalue weighted by molar-refractivity contribution is 0.228. The van der Waals surface area contributed by atoms with E-state index >= 15 is 0 Å². The average molecular weight is 184 g/mol. The molecule has 2 heteroatoms. The Balaban J connectivity index is 3.40. The van der Waals surface area contributed by atoms with Crippen LogP contribution in [0, 0.1) is 5.41 Å². The molecule has 0 saturated carbocycles. The average Bonchev–Trinajstić information content (AvgIpc) is 1.94. The Kier molecular flexibility index (Phi) is 6.00. The minimum Gasteiger partial charge on any atom is -0.312 e. The highest BCUT2D eigenvalue weighted by molar-refractivity contribution is 4.71. The third kappa shape index (κ3) is 9.57. The van der Waals surface area contributed by atoms with Crippen LogP contribution in [0.1, 0.15) is 20.8 Å². The predicted molar refractivity (Wildman–Crippen MR) is 60.0 cm³/mol. The summed E-state index contributed by atoms with van der Waals surface area (Å²) in [6.45, 7) is 14.6. The number of hydrogen-bond donors (Lipinski definition) is 1. The van der Waals surface area contributed by atoms with Crippen LogP contribution in [0.5, 0.6) is 0 Å². The van der Waals surface area contributed by atoms with Crippen molar-refractivity contribution in [2.45, 2.75) is 20.8 Å². The Morgan fingerprint density at radius 3 is 2.46 bits per heavy atom. The fraction of sp³-hybridized carbons (Fsp3) is 0.818. The molecule has 0 aliphatic carbocycles. The van der Waals surface area contributed by atoms with Gasteiger partial charge in [-0.1, -0.05) is 26.8 Å². The van der Waals surface area contributed by atoms with Gasteiger partial charge in [-0.2, -0.15) is 0 Å². The first-order valence-corrected chi connectivity index (χ1v) is 4.96. The summed E-state index contributed by atoms with van der Waals surface area (Å²) in [5.74, 6) is 0. The van der Waals surface area contributed by atoms with E-state index in [4.69, 9.17) is 0 Å². The van der Waals surface area contributed by atoms with Crippen molar-refractivity contribution < 1.29 is 0 Å². The first-order valence-electron chi connectivity index (χ1n) is 4.96. The quantitative estimate of drug-likeness (QED) is 0.500. The van der Waals surface area contributed by atoms with Crippen LogP contribution >= 0.6 is 0 Å². The smallest absolute Gasteiger partial charge is 0.0132 e. The topological polar surface area (TPSA) is 15.3 Å². The van der Waals surface area contributed by atoms with Crippen LogP contribution in [-0.4, -0.2) is 38.1 Å². The molecule has 0 bridgehead atoms. The van der Waals surface area contributed by atoms with E-state index in [0.29, 0.717) is 5.41 Å². The van der Waals surface area contributed by atoms with Gasteiger partial charge in [-0.05, 0) is 12.5 Å². The van der Waals surface area contributed by atoms with Crippen molar-refractivity contribution in [3.05, 3.63) is 12.7 Å². The lowest BCUT2D eigenvalue weighted by atomic mass is 9.96. The molecule has 0 aliphatic rings. The molecule has 0 aromatic rings. The van der Waals surface area contributed by atoms with E-state index in [2.05, 4.69) is 44.6 Å². The SMILES string of the molecule is C=CCNCCN(C)CC(C)(C)C. The predicted octanol–water partition coefficient (Wildman–Crippen LogP) is 1.74. The van der Waals surface area contributed by atoms with Crippen molar-refractivity contribution in [1.82, 2.24) is 10.2 Å². The van der Waals surface area contributed by atoms with Crippen molar-refractivity contribution in [3.63, 3.8) is 0 Å². The van der Waals surface area contributed by atoms with E-state index in [9.17, 15) is 0 Å². The van der Waals surface area contributed by atoms with Gasteiger partial charge >= 0.3 is 0 Å². The van der Waals surface area contributed by atoms with Gasteiger partial charge in [0.2, 0.25) is 0 Å². The summed E-state index contributed by atoms with van der Waals surface area (Å²) in [6.07, 6.45) is 1.89. The van der Waals surface area contributed by atoms with E-state index < -0.39 is 0 Å². The molecule has 0 heterocycles. The molecule has 0 radical (unpaired) electrons. The maximum Gasteiger partial charge on any atom is 0.0132 e. The highest BCUT2D eigenvalue weighted by Gasteiger charge is 2.12. The maximum atomic E-state index is 3.66. The van der Waals surface area contributed by atoms with Gasteiger partial charge in [-0.15, -0.1) is 6.58 Å². The highest BCUT2D eigenvalue weighted by Crippen LogP contribution is 2.13. The molecule has 0 rings (SSSR count). The third-order valence-electron chi connectivity index (χ3n) is 1.70. The molecule has 13 heavy (non-hydrogen) atoms. The second kappa shape index (κ2) is 6.17. The molecule has 0 atom stereocenters. The largest absolute Gasteiger partial charge is 0.312 e. The summed E-state index contributed by atoms with van der Waals surface area (Å²) in [5.41, 5.74) is 0.396. The van der Waals surface area contributed by atoms with Crippen LogP contribution in [-0.2, 0) is 0 Å². The fourth-order valence-electron chi connectivity index (χ4n) is 1.36. The van der Waals surface area contributed by atoms with E-state index in [1.54, 1.807) is 0 Å². The van der Waals surface area contributed by atoms with Gasteiger partial charge in [0.15, 0.2) is 0 Å². The zero-order valence-electron chi connectivity index (χ0n) is 9.56. The van der Waals surface area contributed by atoms with Crippen molar-refractivity contribution in [2.75, 3.05) is 33.2 Å². The summed E-state index contributed by atoms with van der Waals surface area (Å²) in [6, 6.07) is 0. The summed E-state index contributed by atoms with van der Waals surface area (Å²) >= 11 is 0. The Morgan fingerprint density at radius 2 is 2.00 bits per heavy atom. The highest BCUT2D eigenvalue weighted by atomic mass is 15.1. The van der Waals surface area contributed by atoms with Gasteiger partial charge in [0.05, 0.1) is 0 Å². The lowest BCUT2D eigenvalue weighted by Crippen LogP contribution is -2.34. The van der Waals surface area contributed by atoms with Crippen LogP contribution in [0.15, 0.2) is 12.7 Å². The molecule has 1 N–H and O–H groups in total. The molecule has 0 aliphatic heterocycles. The Labute approximate surface area is 83.0 Å². The number of hydrogen-bond acceptors (Lipinski definition) is 2. The second-order valence-electron chi connectivity index (χ2n) is 4.79. The minimum atomic E-state index is 0.396. The van der Waals surface area contributed by atoms with Crippen LogP contribution < -0.4 is 5.32 Å². The second-order valence-corrected chi connectivity index (χ2v) is 4.79. The Hall–Kier alpha value is -0.340. The van der Waals surface area contributed by atoms with Gasteiger partial charge < -0.3 is 10.2 Å². The fourth-order valence-corrected chi connectivity index (χ4v) is 1.36. The van der Waals surface area contributed by atoms with Gasteiger partial charge in [0.25, 0.3) is 0 Å². The van der Waals surface area contributed by atoms with Crippen LogP contribution in [0.2, 0.25) is 0 Å². The van der Waals surface area contributed by atoms with Crippen LogP contribution in [0.4, 0.5) is 0 Å². The number of likely N-dealkylation sites (N-methyl/N-ethyl adjacent to an activating group) is 1. The molecule has 0 spiro atoms. The monoisotopic (exact) mass is 184 g/mol. The molecule has 2 nitrogen and oxygen atoms in total. The summed E-state index contributed by atoms with van der Waals surface area (Å²) in [7, 11) is 2.17. The maximum absolute atomic E-state index is 3.66. The van der Waals surface area contributed by atoms with Crippen molar-refractivity contribution >= 4 is 0 Å². The Bertz CT molecular complexity index is 136. The first kappa shape index (κ1) is 12.7. The van der Waals surface area contributed by atoms with Gasteiger partial charge in [0.1, 0.15) is 0 Å². The summed E-state index contributed by atoms with van der Waals surface area (Å²) < 4.78 is 0. The number of rotatable bonds is 6. The first-order chi connectivity index (χ1) is 5.95. The molecule has 0 fully saturated rings. The van der Waals surface area contributed by atoms with Gasteiger partial charge in [0, 0.05) is 26.2 Å². The summed E-state index contributed by atoms with van der Waals surface area (Å²) in [5, 5.41) is 3.29. The molecule has 78 valence electrons. The van der Waals surface area contributed by atoms with Crippen molar-refractivity contribution in [3.8, 4) is 0 Å². The molecular weight excluding hydrogens is 160 g/mol. The van der Waals surface area contributed by atoms with Crippen LogP contribution in [0.3, 0.4) is 0 Å². The van der Waals surface area contributed by atoms with E-state index in [0.717, 1.165) is 26.2 Å². The Morgan fingerprint density at radius 1 is 1.38 bits per heavy atom. The normalized spacial score (nSPS) is 12.1. The zero-order valence-corrected chi connectivity index (χ0v) is 9.56. The van der Waals surface area contributed by atoms with Crippen molar-refractivity contribution in [1.29, 1.82) is 0 Å². The van der Waals surface area contributed by atoms with E-state index in [1.807, 2.05) is 6.08 Å². The number of nitrogens with zero attached hydrogens (tertiary/aromatic N) is 1. The molecule has 0 saturated heterocycles. The van der Waals surface area contributed by atoms with Crippen LogP contribution in [0.25, 0.3) is 0 Å². The standard InChI is InChI=1S/C11H24N2/c1-6-7-12-8-9-13(5)10-11(2,3)4/h6,12H,1,7-10H2,2-5H3. The third-order valence-corrected chi connectivity index (χ3v) is 1.70. The molecular formula is C11H24N2. The van der Waals surface area contributed by atoms with E-state index in [-0.39, 0.29) is 0 Å². The lowest BCUT2D eigenvalue weighted by Gasteiger charge is -2.26. The molecule has 0 aromatic carbocycles. The number of nitrogens with one attached hydrogen (secondary N) is 1. The van der Waals surface area contributed by atoms with E-state index in [1.165, 1.54) is 0 Å².